The zero-order valence-electron chi connectivity index (χ0n) is 10.9. The van der Waals surface area contributed by atoms with Crippen molar-refractivity contribution in [2.24, 2.45) is 11.8 Å². The van der Waals surface area contributed by atoms with Crippen molar-refractivity contribution >= 4 is 11.4 Å². The number of hydrogen-bond acceptors (Lipinski definition) is 3. The molecule has 0 radical (unpaired) electrons. The Morgan fingerprint density at radius 3 is 2.65 bits per heavy atom. The quantitative estimate of drug-likeness (QED) is 0.772. The van der Waals surface area contributed by atoms with Crippen molar-refractivity contribution in [3.05, 3.63) is 23.8 Å². The first-order valence-electron chi connectivity index (χ1n) is 6.32. The van der Waals surface area contributed by atoms with Crippen molar-refractivity contribution in [1.29, 1.82) is 0 Å². The van der Waals surface area contributed by atoms with Crippen molar-refractivity contribution in [3.8, 4) is 0 Å². The molecule has 0 fully saturated rings. The Balaban J connectivity index is 2.38. The highest BCUT2D eigenvalue weighted by Gasteiger charge is 2.28. The van der Waals surface area contributed by atoms with Crippen molar-refractivity contribution in [3.63, 3.8) is 0 Å². The molecule has 0 spiro atoms. The molecular weight excluding hydrogens is 212 g/mol. The van der Waals surface area contributed by atoms with Crippen LogP contribution in [0, 0.1) is 11.8 Å². The van der Waals surface area contributed by atoms with Crippen LogP contribution in [0.5, 0.6) is 0 Å². The standard InChI is InChI=1S/C14H22N2O/c1-9(2)12-6-11-4-5-13(15)7-14(11)16(8-12)10(3)17/h4-5,7,9-10,12,17H,6,8,15H2,1-3H3. The van der Waals surface area contributed by atoms with Gasteiger partial charge in [-0.25, -0.2) is 0 Å². The number of nitrogen functional groups attached to an aromatic ring is 1. The molecule has 0 saturated heterocycles. The molecule has 2 unspecified atom stereocenters. The van der Waals surface area contributed by atoms with E-state index >= 15 is 0 Å². The highest BCUT2D eigenvalue weighted by atomic mass is 16.3. The maximum absolute atomic E-state index is 9.90. The number of benzene rings is 1. The molecule has 3 N–H and O–H groups in total. The molecule has 0 amide bonds. The van der Waals surface area contributed by atoms with Gasteiger partial charge in [0.15, 0.2) is 0 Å². The molecule has 1 aromatic carbocycles. The van der Waals surface area contributed by atoms with Crippen LogP contribution >= 0.6 is 0 Å². The second-order valence-corrected chi connectivity index (χ2v) is 5.38. The van der Waals surface area contributed by atoms with Gasteiger partial charge in [-0.2, -0.15) is 0 Å². The molecule has 3 nitrogen and oxygen atoms in total. The highest BCUT2D eigenvalue weighted by molar-refractivity contribution is 5.63. The molecule has 0 bridgehead atoms. The summed E-state index contributed by atoms with van der Waals surface area (Å²) in [5.41, 5.74) is 8.98. The van der Waals surface area contributed by atoms with Crippen LogP contribution in [-0.2, 0) is 6.42 Å². The number of fused-ring (bicyclic) bond motifs is 1. The van der Waals surface area contributed by atoms with Crippen LogP contribution in [0.4, 0.5) is 11.4 Å². The Kier molecular flexibility index (Phi) is 3.29. The molecule has 94 valence electrons. The van der Waals surface area contributed by atoms with Crippen LogP contribution in [-0.4, -0.2) is 17.9 Å². The van der Waals surface area contributed by atoms with E-state index in [2.05, 4.69) is 24.8 Å². The lowest BCUT2D eigenvalue weighted by Crippen LogP contribution is -2.42. The van der Waals surface area contributed by atoms with Gasteiger partial charge in [-0.1, -0.05) is 19.9 Å². The third-order valence-electron chi connectivity index (χ3n) is 3.73. The SMILES string of the molecule is CC(C)C1Cc2ccc(N)cc2N(C(C)O)C1. The van der Waals surface area contributed by atoms with E-state index in [9.17, 15) is 5.11 Å². The fourth-order valence-electron chi connectivity index (χ4n) is 2.52. The predicted molar refractivity (Wildman–Crippen MR) is 71.9 cm³/mol. The lowest BCUT2D eigenvalue weighted by Gasteiger charge is -2.39. The molecule has 3 heteroatoms. The molecule has 17 heavy (non-hydrogen) atoms. The van der Waals surface area contributed by atoms with Crippen LogP contribution in [0.1, 0.15) is 26.3 Å². The van der Waals surface area contributed by atoms with E-state index in [1.54, 1.807) is 0 Å². The van der Waals surface area contributed by atoms with Gasteiger partial charge in [0.1, 0.15) is 6.23 Å². The molecule has 2 rings (SSSR count). The van der Waals surface area contributed by atoms with E-state index in [-0.39, 0.29) is 0 Å². The van der Waals surface area contributed by atoms with E-state index in [0.29, 0.717) is 11.8 Å². The smallest absolute Gasteiger partial charge is 0.124 e. The normalized spacial score (nSPS) is 21.5. The van der Waals surface area contributed by atoms with Crippen LogP contribution in [0.15, 0.2) is 18.2 Å². The number of aliphatic hydroxyl groups excluding tert-OH is 1. The van der Waals surface area contributed by atoms with E-state index in [0.717, 1.165) is 24.3 Å². The Hall–Kier alpha value is -1.22. The first kappa shape index (κ1) is 12.2. The average molecular weight is 234 g/mol. The number of aliphatic hydroxyl groups is 1. The molecule has 1 heterocycles. The topological polar surface area (TPSA) is 49.5 Å². The monoisotopic (exact) mass is 234 g/mol. The molecule has 2 atom stereocenters. The summed E-state index contributed by atoms with van der Waals surface area (Å²) in [4.78, 5) is 2.06. The number of hydrogen-bond donors (Lipinski definition) is 2. The largest absolute Gasteiger partial charge is 0.399 e. The van der Waals surface area contributed by atoms with Gasteiger partial charge in [-0.05, 0) is 42.9 Å². The molecular formula is C14H22N2O. The second kappa shape index (κ2) is 4.57. The molecule has 0 saturated carbocycles. The summed E-state index contributed by atoms with van der Waals surface area (Å²) in [5, 5.41) is 9.90. The van der Waals surface area contributed by atoms with Crippen molar-refractivity contribution < 1.29 is 5.11 Å². The fourth-order valence-corrected chi connectivity index (χ4v) is 2.52. The highest BCUT2D eigenvalue weighted by Crippen LogP contribution is 2.34. The van der Waals surface area contributed by atoms with E-state index in [1.807, 2.05) is 19.1 Å². The molecule has 0 aliphatic carbocycles. The van der Waals surface area contributed by atoms with E-state index in [1.165, 1.54) is 5.56 Å². The Bertz CT molecular complexity index is 401. The van der Waals surface area contributed by atoms with Gasteiger partial charge < -0.3 is 15.7 Å². The van der Waals surface area contributed by atoms with Crippen molar-refractivity contribution in [2.75, 3.05) is 17.2 Å². The minimum atomic E-state index is -0.461. The zero-order valence-corrected chi connectivity index (χ0v) is 10.9. The van der Waals surface area contributed by atoms with Crippen LogP contribution in [0.2, 0.25) is 0 Å². The fraction of sp³-hybridized carbons (Fsp3) is 0.571. The maximum atomic E-state index is 9.90. The van der Waals surface area contributed by atoms with Crippen LogP contribution in [0.3, 0.4) is 0 Å². The third-order valence-corrected chi connectivity index (χ3v) is 3.73. The lowest BCUT2D eigenvalue weighted by atomic mass is 9.84. The first-order valence-corrected chi connectivity index (χ1v) is 6.32. The predicted octanol–water partition coefficient (Wildman–Crippen LogP) is 2.24. The Morgan fingerprint density at radius 2 is 2.06 bits per heavy atom. The molecule has 1 aliphatic heterocycles. The number of anilines is 2. The van der Waals surface area contributed by atoms with E-state index in [4.69, 9.17) is 5.73 Å². The lowest BCUT2D eigenvalue weighted by molar-refractivity contribution is 0.174. The minimum absolute atomic E-state index is 0.461. The summed E-state index contributed by atoms with van der Waals surface area (Å²) in [5.74, 6) is 1.22. The molecule has 1 aliphatic rings. The van der Waals surface area contributed by atoms with Gasteiger partial charge in [0.05, 0.1) is 0 Å². The number of rotatable bonds is 2. The average Bonchev–Trinajstić information content (AvgIpc) is 2.27. The van der Waals surface area contributed by atoms with Crippen molar-refractivity contribution in [1.82, 2.24) is 0 Å². The minimum Gasteiger partial charge on any atom is -0.399 e. The number of nitrogens with two attached hydrogens (primary N) is 1. The van der Waals surface area contributed by atoms with Crippen molar-refractivity contribution in [2.45, 2.75) is 33.4 Å². The summed E-state index contributed by atoms with van der Waals surface area (Å²) in [6.45, 7) is 7.21. The van der Waals surface area contributed by atoms with Crippen LogP contribution in [0.25, 0.3) is 0 Å². The van der Waals surface area contributed by atoms with Crippen LogP contribution < -0.4 is 10.6 Å². The summed E-state index contributed by atoms with van der Waals surface area (Å²) >= 11 is 0. The maximum Gasteiger partial charge on any atom is 0.124 e. The molecule has 1 aromatic rings. The Labute approximate surface area is 103 Å². The van der Waals surface area contributed by atoms with Gasteiger partial charge in [-0.3, -0.25) is 0 Å². The zero-order chi connectivity index (χ0) is 12.6. The third kappa shape index (κ3) is 2.39. The van der Waals surface area contributed by atoms with Gasteiger partial charge in [0.2, 0.25) is 0 Å². The summed E-state index contributed by atoms with van der Waals surface area (Å²) in [6.07, 6.45) is 0.619. The van der Waals surface area contributed by atoms with Gasteiger partial charge >= 0.3 is 0 Å². The number of nitrogens with zero attached hydrogens (tertiary/aromatic N) is 1. The second-order valence-electron chi connectivity index (χ2n) is 5.38. The molecule has 0 aromatic heterocycles. The summed E-state index contributed by atoms with van der Waals surface area (Å²) in [7, 11) is 0. The summed E-state index contributed by atoms with van der Waals surface area (Å²) < 4.78 is 0. The van der Waals surface area contributed by atoms with Gasteiger partial charge in [0.25, 0.3) is 0 Å². The Morgan fingerprint density at radius 1 is 1.35 bits per heavy atom. The van der Waals surface area contributed by atoms with Gasteiger partial charge in [-0.15, -0.1) is 0 Å². The van der Waals surface area contributed by atoms with E-state index < -0.39 is 6.23 Å². The first-order chi connectivity index (χ1) is 7.99. The summed E-state index contributed by atoms with van der Waals surface area (Å²) in [6, 6.07) is 6.01. The van der Waals surface area contributed by atoms with Gasteiger partial charge in [0, 0.05) is 17.9 Å².